The lowest BCUT2D eigenvalue weighted by Crippen LogP contribution is -2.38. The Balaban J connectivity index is 1.40. The van der Waals surface area contributed by atoms with E-state index in [1.54, 1.807) is 0 Å². The third-order valence-corrected chi connectivity index (χ3v) is 5.82. The van der Waals surface area contributed by atoms with Gasteiger partial charge in [-0.15, -0.1) is 0 Å². The van der Waals surface area contributed by atoms with E-state index < -0.39 is 6.10 Å². The third-order valence-electron chi connectivity index (χ3n) is 5.82. The number of hydrogen-bond donors (Lipinski definition) is 1. The summed E-state index contributed by atoms with van der Waals surface area (Å²) >= 11 is 0. The lowest BCUT2D eigenvalue weighted by atomic mass is 10.0. The fraction of sp³-hybridized carbons (Fsp3) is 0.276. The Hall–Kier alpha value is -3.37. The first-order valence-corrected chi connectivity index (χ1v) is 11.7. The highest BCUT2D eigenvalue weighted by atomic mass is 16.5. The predicted octanol–water partition coefficient (Wildman–Crippen LogP) is 5.65. The van der Waals surface area contributed by atoms with Crippen LogP contribution in [0.3, 0.4) is 0 Å². The lowest BCUT2D eigenvalue weighted by Gasteiger charge is -2.17. The number of amides is 1. The topological polar surface area (TPSA) is 47.6 Å². The van der Waals surface area contributed by atoms with E-state index in [1.165, 1.54) is 27.8 Å². The molecule has 3 aromatic rings. The van der Waals surface area contributed by atoms with Crippen molar-refractivity contribution in [3.8, 4) is 16.9 Å². The molecule has 33 heavy (non-hydrogen) atoms. The van der Waals surface area contributed by atoms with Gasteiger partial charge < -0.3 is 14.8 Å². The number of nitrogens with one attached hydrogen (secondary N) is 1. The minimum absolute atomic E-state index is 0.0530. The van der Waals surface area contributed by atoms with Gasteiger partial charge >= 0.3 is 0 Å². The molecule has 4 heteroatoms. The Labute approximate surface area is 196 Å². The number of carbonyl (C=O) groups excluding carboxylic acids is 1. The molecule has 0 fully saturated rings. The highest BCUT2D eigenvalue weighted by molar-refractivity contribution is 6.01. The molecule has 1 unspecified atom stereocenters. The van der Waals surface area contributed by atoms with Crippen LogP contribution in [-0.4, -0.2) is 31.8 Å². The van der Waals surface area contributed by atoms with E-state index in [1.807, 2.05) is 38.1 Å². The standard InChI is InChI=1S/C29H31NO3/c1-3-18-30-29(31)28(32-4-2)20-21-13-15-22(16-14-21)33-19-17-27-25-11-7-5-9-23(25)24-10-6-8-12-26(24)27/h5-17,28H,3-4,18-20H2,1-2H3,(H,30,31). The van der Waals surface area contributed by atoms with Gasteiger partial charge in [-0.3, -0.25) is 4.79 Å². The Morgan fingerprint density at radius 2 is 1.48 bits per heavy atom. The van der Waals surface area contributed by atoms with E-state index in [2.05, 4.69) is 59.9 Å². The first kappa shape index (κ1) is 22.8. The Morgan fingerprint density at radius 1 is 0.879 bits per heavy atom. The second-order valence-electron chi connectivity index (χ2n) is 8.10. The van der Waals surface area contributed by atoms with Gasteiger partial charge in [0.05, 0.1) is 0 Å². The van der Waals surface area contributed by atoms with Crippen LogP contribution in [0, 0.1) is 0 Å². The number of benzene rings is 3. The fourth-order valence-corrected chi connectivity index (χ4v) is 4.22. The lowest BCUT2D eigenvalue weighted by molar-refractivity contribution is -0.132. The fourth-order valence-electron chi connectivity index (χ4n) is 4.22. The van der Waals surface area contributed by atoms with E-state index in [-0.39, 0.29) is 5.91 Å². The zero-order chi connectivity index (χ0) is 23.0. The monoisotopic (exact) mass is 441 g/mol. The number of hydrogen-bond acceptors (Lipinski definition) is 3. The van der Waals surface area contributed by atoms with Crippen molar-refractivity contribution in [3.05, 3.63) is 95.6 Å². The van der Waals surface area contributed by atoms with E-state index in [0.29, 0.717) is 26.2 Å². The van der Waals surface area contributed by atoms with Crippen LogP contribution in [0.5, 0.6) is 5.75 Å². The highest BCUT2D eigenvalue weighted by Gasteiger charge is 2.22. The van der Waals surface area contributed by atoms with E-state index in [4.69, 9.17) is 9.47 Å². The van der Waals surface area contributed by atoms with Crippen LogP contribution in [0.1, 0.15) is 37.0 Å². The summed E-state index contributed by atoms with van der Waals surface area (Å²) in [6.45, 7) is 5.60. The van der Waals surface area contributed by atoms with Crippen molar-refractivity contribution in [2.45, 2.75) is 32.8 Å². The normalized spacial score (nSPS) is 12.6. The Morgan fingerprint density at radius 3 is 2.06 bits per heavy atom. The summed E-state index contributed by atoms with van der Waals surface area (Å²) < 4.78 is 11.7. The molecule has 0 saturated heterocycles. The molecule has 1 aliphatic carbocycles. The maximum atomic E-state index is 12.3. The van der Waals surface area contributed by atoms with Gasteiger partial charge in [-0.05, 0) is 64.9 Å². The number of carbonyl (C=O) groups is 1. The predicted molar refractivity (Wildman–Crippen MR) is 133 cm³/mol. The highest BCUT2D eigenvalue weighted by Crippen LogP contribution is 2.43. The van der Waals surface area contributed by atoms with Crippen molar-refractivity contribution < 1.29 is 14.3 Å². The summed E-state index contributed by atoms with van der Waals surface area (Å²) in [5, 5.41) is 2.92. The first-order valence-electron chi connectivity index (χ1n) is 11.7. The number of rotatable bonds is 10. The average Bonchev–Trinajstić information content (AvgIpc) is 3.17. The summed E-state index contributed by atoms with van der Waals surface area (Å²) in [6, 6.07) is 24.9. The van der Waals surface area contributed by atoms with Crippen LogP contribution in [0.2, 0.25) is 0 Å². The maximum Gasteiger partial charge on any atom is 0.249 e. The molecule has 0 radical (unpaired) electrons. The first-order chi connectivity index (χ1) is 16.2. The zero-order valence-corrected chi connectivity index (χ0v) is 19.3. The van der Waals surface area contributed by atoms with Crippen LogP contribution in [0.15, 0.2) is 78.9 Å². The number of ether oxygens (including phenoxy) is 2. The molecule has 0 aliphatic heterocycles. The van der Waals surface area contributed by atoms with Crippen LogP contribution in [0.4, 0.5) is 0 Å². The van der Waals surface area contributed by atoms with E-state index in [0.717, 1.165) is 17.7 Å². The minimum atomic E-state index is -0.472. The molecule has 3 aromatic carbocycles. The molecule has 0 spiro atoms. The van der Waals surface area contributed by atoms with Crippen molar-refractivity contribution in [1.82, 2.24) is 5.32 Å². The molecule has 0 aromatic heterocycles. The average molecular weight is 442 g/mol. The SMILES string of the molecule is CCCNC(=O)C(Cc1ccc(OCC=C2c3ccccc3-c3ccccc32)cc1)OCC. The molecule has 4 rings (SSSR count). The molecule has 1 atom stereocenters. The molecule has 1 amide bonds. The van der Waals surface area contributed by atoms with E-state index >= 15 is 0 Å². The second kappa shape index (κ2) is 11.0. The molecule has 0 bridgehead atoms. The van der Waals surface area contributed by atoms with Crippen LogP contribution in [0.25, 0.3) is 16.7 Å². The Kier molecular flexibility index (Phi) is 7.59. The minimum Gasteiger partial charge on any atom is -0.490 e. The summed E-state index contributed by atoms with van der Waals surface area (Å²) in [4.78, 5) is 12.3. The van der Waals surface area contributed by atoms with Crippen molar-refractivity contribution in [1.29, 1.82) is 0 Å². The van der Waals surface area contributed by atoms with Crippen molar-refractivity contribution >= 4 is 11.5 Å². The molecular formula is C29H31NO3. The van der Waals surface area contributed by atoms with Gasteiger partial charge in [-0.1, -0.05) is 67.6 Å². The molecule has 1 aliphatic rings. The van der Waals surface area contributed by atoms with Gasteiger partial charge in [0.1, 0.15) is 18.5 Å². The summed E-state index contributed by atoms with van der Waals surface area (Å²) in [6.07, 6.45) is 3.13. The molecule has 0 heterocycles. The summed E-state index contributed by atoms with van der Waals surface area (Å²) in [5.74, 6) is 0.751. The molecular weight excluding hydrogens is 410 g/mol. The van der Waals surface area contributed by atoms with Gasteiger partial charge in [0.15, 0.2) is 0 Å². The second-order valence-corrected chi connectivity index (χ2v) is 8.10. The Bertz CT molecular complexity index is 1070. The van der Waals surface area contributed by atoms with E-state index in [9.17, 15) is 4.79 Å². The van der Waals surface area contributed by atoms with Crippen molar-refractivity contribution in [2.24, 2.45) is 0 Å². The van der Waals surface area contributed by atoms with Gasteiger partial charge in [0.2, 0.25) is 5.91 Å². The van der Waals surface area contributed by atoms with Gasteiger partial charge in [0, 0.05) is 19.6 Å². The molecule has 4 nitrogen and oxygen atoms in total. The number of fused-ring (bicyclic) bond motifs is 3. The maximum absolute atomic E-state index is 12.3. The smallest absolute Gasteiger partial charge is 0.249 e. The quantitative estimate of drug-likeness (QED) is 0.346. The van der Waals surface area contributed by atoms with Crippen molar-refractivity contribution in [3.63, 3.8) is 0 Å². The summed E-state index contributed by atoms with van der Waals surface area (Å²) in [7, 11) is 0. The molecule has 1 N–H and O–H groups in total. The molecule has 0 saturated carbocycles. The zero-order valence-electron chi connectivity index (χ0n) is 19.3. The van der Waals surface area contributed by atoms with Crippen LogP contribution in [-0.2, 0) is 16.0 Å². The van der Waals surface area contributed by atoms with Gasteiger partial charge in [0.25, 0.3) is 0 Å². The summed E-state index contributed by atoms with van der Waals surface area (Å²) in [5.41, 5.74) is 7.31. The van der Waals surface area contributed by atoms with Crippen LogP contribution >= 0.6 is 0 Å². The largest absolute Gasteiger partial charge is 0.490 e. The van der Waals surface area contributed by atoms with Crippen LogP contribution < -0.4 is 10.1 Å². The van der Waals surface area contributed by atoms with Gasteiger partial charge in [-0.25, -0.2) is 0 Å². The van der Waals surface area contributed by atoms with Crippen molar-refractivity contribution in [2.75, 3.05) is 19.8 Å². The third kappa shape index (κ3) is 5.35. The molecule has 170 valence electrons. The van der Waals surface area contributed by atoms with Gasteiger partial charge in [-0.2, -0.15) is 0 Å².